The number of benzene rings is 1. The Bertz CT molecular complexity index is 309. The van der Waals surface area contributed by atoms with Gasteiger partial charge in [-0.1, -0.05) is 0 Å². The van der Waals surface area contributed by atoms with E-state index in [1.807, 2.05) is 0 Å². The van der Waals surface area contributed by atoms with Crippen molar-refractivity contribution < 1.29 is 13.9 Å². The minimum Gasteiger partial charge on any atom is -0.491 e. The summed E-state index contributed by atoms with van der Waals surface area (Å²) >= 11 is 7.09. The van der Waals surface area contributed by atoms with E-state index in [0.717, 1.165) is 0 Å². The molecule has 0 atom stereocenters. The average Bonchev–Trinajstić information content (AvgIpc) is 2.23. The summed E-state index contributed by atoms with van der Waals surface area (Å²) < 4.78 is 23.8. The van der Waals surface area contributed by atoms with Gasteiger partial charge < -0.3 is 9.47 Å². The monoisotopic (exact) mass is 294 g/mol. The molecule has 0 spiro atoms. The molecule has 0 N–H and O–H groups in total. The lowest BCUT2D eigenvalue weighted by Crippen LogP contribution is -2.08. The molecule has 1 aromatic rings. The molecule has 0 saturated heterocycles. The van der Waals surface area contributed by atoms with E-state index in [0.29, 0.717) is 35.8 Å². The predicted octanol–water partition coefficient (Wildman–Crippen LogP) is 2.91. The molecule has 15 heavy (non-hydrogen) atoms. The first-order valence-electron chi connectivity index (χ1n) is 4.50. The van der Waals surface area contributed by atoms with Crippen molar-refractivity contribution in [2.45, 2.75) is 0 Å². The number of rotatable bonds is 6. The van der Waals surface area contributed by atoms with E-state index in [1.165, 1.54) is 6.07 Å². The molecule has 0 aromatic heterocycles. The van der Waals surface area contributed by atoms with Gasteiger partial charge in [0.25, 0.3) is 0 Å². The Morgan fingerprint density at radius 1 is 1.27 bits per heavy atom. The van der Waals surface area contributed by atoms with E-state index in [2.05, 4.69) is 28.6 Å². The fourth-order valence-electron chi connectivity index (χ4n) is 0.952. The molecule has 0 aliphatic heterocycles. The van der Waals surface area contributed by atoms with Gasteiger partial charge in [0.2, 0.25) is 0 Å². The lowest BCUT2D eigenvalue weighted by molar-refractivity contribution is 0.112. The maximum absolute atomic E-state index is 12.9. The van der Waals surface area contributed by atoms with Gasteiger partial charge in [0.15, 0.2) is 0 Å². The molecule has 2 nitrogen and oxygen atoms in total. The molecule has 0 unspecified atom stereocenters. The van der Waals surface area contributed by atoms with E-state index in [9.17, 15) is 4.39 Å². The van der Waals surface area contributed by atoms with Crippen molar-refractivity contribution in [2.24, 2.45) is 0 Å². The van der Waals surface area contributed by atoms with Gasteiger partial charge in [-0.25, -0.2) is 4.39 Å². The lowest BCUT2D eigenvalue weighted by Gasteiger charge is -2.06. The zero-order chi connectivity index (χ0) is 11.1. The Morgan fingerprint density at radius 3 is 2.73 bits per heavy atom. The van der Waals surface area contributed by atoms with E-state index >= 15 is 0 Å². The van der Waals surface area contributed by atoms with Crippen LogP contribution < -0.4 is 4.74 Å². The third kappa shape index (κ3) is 4.86. The largest absolute Gasteiger partial charge is 0.491 e. The van der Waals surface area contributed by atoms with Crippen molar-refractivity contribution >= 4 is 28.6 Å². The second-order valence-electron chi connectivity index (χ2n) is 2.76. The molecule has 0 amide bonds. The first-order chi connectivity index (χ1) is 7.24. The summed E-state index contributed by atoms with van der Waals surface area (Å²) in [6.45, 7) is 1.57. The topological polar surface area (TPSA) is 18.5 Å². The molecular formula is C10H12BrFO2S. The highest BCUT2D eigenvalue weighted by Gasteiger charge is 2.00. The second kappa shape index (κ2) is 7.09. The van der Waals surface area contributed by atoms with Crippen LogP contribution in [0.4, 0.5) is 4.39 Å². The zero-order valence-corrected chi connectivity index (χ0v) is 10.6. The quantitative estimate of drug-likeness (QED) is 0.642. The molecule has 84 valence electrons. The number of halogens is 2. The summed E-state index contributed by atoms with van der Waals surface area (Å²) in [6.07, 6.45) is 0. The summed E-state index contributed by atoms with van der Waals surface area (Å²) in [5, 5.41) is 0. The van der Waals surface area contributed by atoms with Crippen LogP contribution in [-0.2, 0) is 4.74 Å². The van der Waals surface area contributed by atoms with Crippen LogP contribution in [0.5, 0.6) is 5.75 Å². The molecule has 1 aromatic carbocycles. The highest BCUT2D eigenvalue weighted by Crippen LogP contribution is 2.21. The third-order valence-corrected chi connectivity index (χ3v) is 2.41. The van der Waals surface area contributed by atoms with Gasteiger partial charge in [0.05, 0.1) is 17.7 Å². The van der Waals surface area contributed by atoms with Crippen molar-refractivity contribution in [1.29, 1.82) is 0 Å². The van der Waals surface area contributed by atoms with Crippen molar-refractivity contribution in [1.82, 2.24) is 0 Å². The molecule has 1 rings (SSSR count). The van der Waals surface area contributed by atoms with Crippen LogP contribution >= 0.6 is 28.6 Å². The number of hydrogen-bond donors (Lipinski definition) is 1. The van der Waals surface area contributed by atoms with E-state index < -0.39 is 0 Å². The van der Waals surface area contributed by atoms with Gasteiger partial charge >= 0.3 is 0 Å². The molecular weight excluding hydrogens is 283 g/mol. The van der Waals surface area contributed by atoms with Crippen molar-refractivity contribution in [3.05, 3.63) is 28.5 Å². The molecule has 0 fully saturated rings. The normalized spacial score (nSPS) is 10.3. The fraction of sp³-hybridized carbons (Fsp3) is 0.400. The van der Waals surface area contributed by atoms with Crippen molar-refractivity contribution in [3.8, 4) is 5.75 Å². The fourth-order valence-corrected chi connectivity index (χ4v) is 1.44. The van der Waals surface area contributed by atoms with Gasteiger partial charge in [-0.05, 0) is 34.1 Å². The summed E-state index contributed by atoms with van der Waals surface area (Å²) in [4.78, 5) is 0. The predicted molar refractivity (Wildman–Crippen MR) is 64.3 cm³/mol. The number of hydrogen-bond acceptors (Lipinski definition) is 3. The molecule has 0 aliphatic carbocycles. The zero-order valence-electron chi connectivity index (χ0n) is 8.08. The van der Waals surface area contributed by atoms with Crippen LogP contribution in [0.15, 0.2) is 22.7 Å². The summed E-state index contributed by atoms with van der Waals surface area (Å²) in [6, 6.07) is 4.53. The Morgan fingerprint density at radius 2 is 2.07 bits per heavy atom. The minimum atomic E-state index is -0.298. The molecule has 0 radical (unpaired) electrons. The molecule has 0 saturated carbocycles. The highest BCUT2D eigenvalue weighted by atomic mass is 79.9. The van der Waals surface area contributed by atoms with E-state index in [1.54, 1.807) is 12.1 Å². The van der Waals surface area contributed by atoms with Crippen LogP contribution in [-0.4, -0.2) is 25.6 Å². The van der Waals surface area contributed by atoms with Crippen molar-refractivity contribution in [2.75, 3.05) is 25.6 Å². The van der Waals surface area contributed by atoms with Crippen molar-refractivity contribution in [3.63, 3.8) is 0 Å². The Hall–Kier alpha value is -0.260. The van der Waals surface area contributed by atoms with Gasteiger partial charge in [-0.2, -0.15) is 12.6 Å². The summed E-state index contributed by atoms with van der Waals surface area (Å²) in [5.41, 5.74) is 0. The highest BCUT2D eigenvalue weighted by molar-refractivity contribution is 9.10. The summed E-state index contributed by atoms with van der Waals surface area (Å²) in [7, 11) is 0. The van der Waals surface area contributed by atoms with Crippen LogP contribution in [0, 0.1) is 5.82 Å². The number of ether oxygens (including phenoxy) is 2. The maximum atomic E-state index is 12.9. The SMILES string of the molecule is Fc1ccc(OCCOCCS)cc1Br. The molecule has 0 aliphatic rings. The van der Waals surface area contributed by atoms with Crippen LogP contribution in [0.25, 0.3) is 0 Å². The van der Waals surface area contributed by atoms with E-state index in [-0.39, 0.29) is 5.82 Å². The first-order valence-corrected chi connectivity index (χ1v) is 5.93. The van der Waals surface area contributed by atoms with Gasteiger partial charge in [-0.15, -0.1) is 0 Å². The standard InChI is InChI=1S/C10H12BrFO2S/c11-9-7-8(1-2-10(9)12)14-4-3-13-5-6-15/h1-2,7,15H,3-6H2. The van der Waals surface area contributed by atoms with Gasteiger partial charge in [0.1, 0.15) is 18.2 Å². The lowest BCUT2D eigenvalue weighted by atomic mass is 10.3. The second-order valence-corrected chi connectivity index (χ2v) is 4.06. The maximum Gasteiger partial charge on any atom is 0.137 e. The van der Waals surface area contributed by atoms with Crippen LogP contribution in [0.3, 0.4) is 0 Å². The number of thiol groups is 1. The Labute approximate surface area is 102 Å². The summed E-state index contributed by atoms with van der Waals surface area (Å²) in [5.74, 6) is 1.02. The Kier molecular flexibility index (Phi) is 6.05. The minimum absolute atomic E-state index is 0.298. The third-order valence-electron chi connectivity index (χ3n) is 1.62. The van der Waals surface area contributed by atoms with Crippen LogP contribution in [0.2, 0.25) is 0 Å². The molecule has 0 heterocycles. The van der Waals surface area contributed by atoms with Gasteiger partial charge in [0, 0.05) is 5.75 Å². The molecule has 0 bridgehead atoms. The van der Waals surface area contributed by atoms with Crippen LogP contribution in [0.1, 0.15) is 0 Å². The van der Waals surface area contributed by atoms with E-state index in [4.69, 9.17) is 9.47 Å². The average molecular weight is 295 g/mol. The van der Waals surface area contributed by atoms with Gasteiger partial charge in [-0.3, -0.25) is 0 Å². The first kappa shape index (κ1) is 12.8. The molecule has 5 heteroatoms. The Balaban J connectivity index is 2.28. The smallest absolute Gasteiger partial charge is 0.137 e.